The molecule has 3 nitrogen and oxygen atoms in total. The molecule has 0 radical (unpaired) electrons. The van der Waals surface area contributed by atoms with Gasteiger partial charge in [0.15, 0.2) is 0 Å². The Bertz CT molecular complexity index is 463. The number of carbonyl (C=O) groups is 1. The molecule has 0 bridgehead atoms. The SMILES string of the molecule is CC(=O)N1NC(Br)=CSC1(C)c1ccccc1. The molecule has 1 atom stereocenters. The van der Waals surface area contributed by atoms with Gasteiger partial charge in [-0.2, -0.15) is 0 Å². The van der Waals surface area contributed by atoms with Crippen LogP contribution in [0.25, 0.3) is 0 Å². The minimum absolute atomic E-state index is 0.0195. The summed E-state index contributed by atoms with van der Waals surface area (Å²) in [7, 11) is 0. The molecule has 1 aromatic rings. The zero-order valence-corrected chi connectivity index (χ0v) is 12.0. The van der Waals surface area contributed by atoms with Crippen LogP contribution in [-0.2, 0) is 9.67 Å². The summed E-state index contributed by atoms with van der Waals surface area (Å²) in [4.78, 5) is 11.3. The summed E-state index contributed by atoms with van der Waals surface area (Å²) in [5, 5.41) is 3.60. The normalized spacial score (nSPS) is 23.9. The number of nitrogens with one attached hydrogen (secondary N) is 1. The lowest BCUT2D eigenvalue weighted by atomic mass is 10.1. The Labute approximate surface area is 113 Å². The molecule has 90 valence electrons. The average Bonchev–Trinajstić information content (AvgIpc) is 2.33. The first kappa shape index (κ1) is 12.5. The molecular weight excluding hydrogens is 300 g/mol. The van der Waals surface area contributed by atoms with Crippen LogP contribution in [0.5, 0.6) is 0 Å². The highest BCUT2D eigenvalue weighted by Crippen LogP contribution is 2.43. The number of amides is 1. The first-order valence-corrected chi connectivity index (χ1v) is 6.88. The molecule has 5 heteroatoms. The van der Waals surface area contributed by atoms with E-state index in [2.05, 4.69) is 21.4 Å². The van der Waals surface area contributed by atoms with Gasteiger partial charge in [0.25, 0.3) is 0 Å². The molecule has 1 aromatic carbocycles. The van der Waals surface area contributed by atoms with E-state index >= 15 is 0 Å². The highest BCUT2D eigenvalue weighted by molar-refractivity contribution is 9.11. The van der Waals surface area contributed by atoms with Gasteiger partial charge in [0, 0.05) is 12.3 Å². The standard InChI is InChI=1S/C12H13BrN2OS/c1-9(16)15-12(2,17-8-11(13)14-15)10-6-4-3-5-7-10/h3-8,14H,1-2H3. The van der Waals surface area contributed by atoms with Crippen molar-refractivity contribution in [1.82, 2.24) is 10.4 Å². The van der Waals surface area contributed by atoms with E-state index in [1.165, 1.54) is 0 Å². The largest absolute Gasteiger partial charge is 0.287 e. The summed E-state index contributed by atoms with van der Waals surface area (Å²) in [6.07, 6.45) is 0. The number of hydrogen-bond acceptors (Lipinski definition) is 3. The van der Waals surface area contributed by atoms with Gasteiger partial charge in [-0.05, 0) is 28.4 Å². The number of hydrazine groups is 1. The van der Waals surface area contributed by atoms with Crippen LogP contribution in [0, 0.1) is 0 Å². The van der Waals surface area contributed by atoms with Gasteiger partial charge in [-0.25, -0.2) is 5.01 Å². The molecule has 0 fully saturated rings. The maximum absolute atomic E-state index is 11.7. The summed E-state index contributed by atoms with van der Waals surface area (Å²) in [5.41, 5.74) is 4.13. The molecular formula is C12H13BrN2OS. The smallest absolute Gasteiger partial charge is 0.239 e. The molecule has 0 saturated heterocycles. The maximum Gasteiger partial charge on any atom is 0.239 e. The number of hydrogen-bond donors (Lipinski definition) is 1. The fourth-order valence-corrected chi connectivity index (χ4v) is 3.18. The van der Waals surface area contributed by atoms with Crippen LogP contribution in [0.1, 0.15) is 19.4 Å². The zero-order chi connectivity index (χ0) is 12.5. The Hall–Kier alpha value is -0.940. The lowest BCUT2D eigenvalue weighted by molar-refractivity contribution is -0.135. The van der Waals surface area contributed by atoms with E-state index in [-0.39, 0.29) is 5.91 Å². The van der Waals surface area contributed by atoms with E-state index in [1.54, 1.807) is 23.7 Å². The number of benzene rings is 1. The van der Waals surface area contributed by atoms with Crippen molar-refractivity contribution in [1.29, 1.82) is 0 Å². The topological polar surface area (TPSA) is 32.3 Å². The molecule has 1 aliphatic heterocycles. The van der Waals surface area contributed by atoms with Gasteiger partial charge >= 0.3 is 0 Å². The van der Waals surface area contributed by atoms with Crippen LogP contribution in [0.3, 0.4) is 0 Å². The van der Waals surface area contributed by atoms with Crippen molar-refractivity contribution in [3.05, 3.63) is 45.9 Å². The first-order valence-electron chi connectivity index (χ1n) is 5.20. The number of nitrogens with zero attached hydrogens (tertiary/aromatic N) is 1. The van der Waals surface area contributed by atoms with E-state index in [1.807, 2.05) is 42.7 Å². The van der Waals surface area contributed by atoms with Crippen molar-refractivity contribution in [2.45, 2.75) is 18.7 Å². The molecule has 2 rings (SSSR count). The van der Waals surface area contributed by atoms with Crippen LogP contribution in [0.2, 0.25) is 0 Å². The van der Waals surface area contributed by atoms with Crippen molar-refractivity contribution in [3.63, 3.8) is 0 Å². The van der Waals surface area contributed by atoms with Crippen molar-refractivity contribution in [3.8, 4) is 0 Å². The Kier molecular flexibility index (Phi) is 3.49. The summed E-state index contributed by atoms with van der Waals surface area (Å²) in [6, 6.07) is 9.98. The minimum atomic E-state index is -0.426. The Morgan fingerprint density at radius 3 is 2.65 bits per heavy atom. The van der Waals surface area contributed by atoms with Crippen LogP contribution < -0.4 is 5.43 Å². The zero-order valence-electron chi connectivity index (χ0n) is 9.61. The molecule has 0 saturated carbocycles. The predicted octanol–water partition coefficient (Wildman–Crippen LogP) is 3.15. The number of halogens is 1. The van der Waals surface area contributed by atoms with Gasteiger partial charge in [-0.3, -0.25) is 10.2 Å². The lowest BCUT2D eigenvalue weighted by Crippen LogP contribution is -2.53. The fourth-order valence-electron chi connectivity index (χ4n) is 1.78. The number of thioether (sulfide) groups is 1. The second-order valence-electron chi connectivity index (χ2n) is 3.90. The van der Waals surface area contributed by atoms with Crippen LogP contribution in [0.15, 0.2) is 40.3 Å². The van der Waals surface area contributed by atoms with E-state index in [0.29, 0.717) is 0 Å². The molecule has 0 spiro atoms. The molecule has 1 aliphatic rings. The van der Waals surface area contributed by atoms with Gasteiger partial charge in [0.2, 0.25) is 5.91 Å². The quantitative estimate of drug-likeness (QED) is 0.808. The summed E-state index contributed by atoms with van der Waals surface area (Å²) >= 11 is 4.95. The third-order valence-corrected chi connectivity index (χ3v) is 4.60. The maximum atomic E-state index is 11.7. The van der Waals surface area contributed by atoms with Gasteiger partial charge in [-0.15, -0.1) is 0 Å². The molecule has 0 aromatic heterocycles. The fraction of sp³-hybridized carbons (Fsp3) is 0.250. The minimum Gasteiger partial charge on any atom is -0.287 e. The average molecular weight is 313 g/mol. The van der Waals surface area contributed by atoms with Crippen molar-refractivity contribution in [2.24, 2.45) is 0 Å². The van der Waals surface area contributed by atoms with E-state index in [0.717, 1.165) is 10.2 Å². The summed E-state index contributed by atoms with van der Waals surface area (Å²) in [6.45, 7) is 3.58. The van der Waals surface area contributed by atoms with Gasteiger partial charge in [-0.1, -0.05) is 42.1 Å². The van der Waals surface area contributed by atoms with Crippen LogP contribution in [-0.4, -0.2) is 10.9 Å². The molecule has 0 aliphatic carbocycles. The van der Waals surface area contributed by atoms with Crippen molar-refractivity contribution < 1.29 is 4.79 Å². The predicted molar refractivity (Wildman–Crippen MR) is 74.1 cm³/mol. The number of rotatable bonds is 1. The monoisotopic (exact) mass is 312 g/mol. The highest BCUT2D eigenvalue weighted by atomic mass is 79.9. The Morgan fingerprint density at radius 2 is 2.06 bits per heavy atom. The highest BCUT2D eigenvalue weighted by Gasteiger charge is 2.38. The summed E-state index contributed by atoms with van der Waals surface area (Å²) < 4.78 is 0.797. The molecule has 1 amide bonds. The second-order valence-corrected chi connectivity index (χ2v) is 6.02. The van der Waals surface area contributed by atoms with E-state index < -0.39 is 4.87 Å². The third kappa shape index (κ3) is 2.35. The molecule has 17 heavy (non-hydrogen) atoms. The Morgan fingerprint density at radius 1 is 1.41 bits per heavy atom. The van der Waals surface area contributed by atoms with Crippen molar-refractivity contribution in [2.75, 3.05) is 0 Å². The van der Waals surface area contributed by atoms with Crippen LogP contribution >= 0.6 is 27.7 Å². The molecule has 1 heterocycles. The van der Waals surface area contributed by atoms with Crippen molar-refractivity contribution >= 4 is 33.6 Å². The Balaban J connectivity index is 2.44. The van der Waals surface area contributed by atoms with E-state index in [4.69, 9.17) is 0 Å². The lowest BCUT2D eigenvalue weighted by Gasteiger charge is -2.42. The molecule has 1 N–H and O–H groups in total. The number of carbonyl (C=O) groups excluding carboxylic acids is 1. The van der Waals surface area contributed by atoms with Gasteiger partial charge in [0.1, 0.15) is 9.48 Å². The first-order chi connectivity index (χ1) is 8.04. The van der Waals surface area contributed by atoms with Gasteiger partial charge in [0.05, 0.1) is 0 Å². The van der Waals surface area contributed by atoms with E-state index in [9.17, 15) is 4.79 Å². The van der Waals surface area contributed by atoms with Gasteiger partial charge < -0.3 is 0 Å². The third-order valence-electron chi connectivity index (χ3n) is 2.66. The summed E-state index contributed by atoms with van der Waals surface area (Å²) in [5.74, 6) is -0.0195. The van der Waals surface area contributed by atoms with Crippen LogP contribution in [0.4, 0.5) is 0 Å². The second kappa shape index (κ2) is 4.74. The molecule has 1 unspecified atom stereocenters.